The van der Waals surface area contributed by atoms with Crippen LogP contribution in [0.2, 0.25) is 0 Å². The van der Waals surface area contributed by atoms with Crippen molar-refractivity contribution >= 4 is 103 Å². The second kappa shape index (κ2) is 6.64. The molecule has 0 nitrogen and oxygen atoms in total. The quantitative estimate of drug-likeness (QED) is 0.136. The number of rotatable bonds is 0. The van der Waals surface area contributed by atoms with Crippen molar-refractivity contribution in [1.29, 1.82) is 0 Å². The maximum atomic E-state index is 4.36. The summed E-state index contributed by atoms with van der Waals surface area (Å²) in [6, 6.07) is 2.09. The maximum Gasteiger partial charge on any atom is 0.0419 e. The molecule has 6 heteroatoms. The van der Waals surface area contributed by atoms with Gasteiger partial charge in [0.1, 0.15) is 0 Å². The molecule has 0 bridgehead atoms. The maximum absolute atomic E-state index is 4.36. The number of benzene rings is 1. The Morgan fingerprint density at radius 3 is 1.92 bits per heavy atom. The Hall–Kier alpha value is 3.11. The molecule has 0 aliphatic carbocycles. The smallest absolute Gasteiger partial charge is 0.0419 e. The Kier molecular flexibility index (Phi) is 8.37. The van der Waals surface area contributed by atoms with E-state index in [2.05, 4.69) is 109 Å². The number of halogens is 4. The van der Waals surface area contributed by atoms with Crippen LogP contribution in [-0.4, -0.2) is 0 Å². The Labute approximate surface area is 145 Å². The molecule has 62 valence electrons. The summed E-state index contributed by atoms with van der Waals surface area (Å²) >= 11 is 13.7. The Morgan fingerprint density at radius 1 is 0.917 bits per heavy atom. The summed E-state index contributed by atoms with van der Waals surface area (Å²) in [5.41, 5.74) is 0. The Balaban J connectivity index is 0.00000121. The van der Waals surface area contributed by atoms with Gasteiger partial charge in [-0.15, -0.1) is 12.6 Å². The fourth-order valence-electron chi connectivity index (χ4n) is 0.560. The van der Waals surface area contributed by atoms with Gasteiger partial charge in [-0.05, 0) is 96.4 Å². The van der Waals surface area contributed by atoms with E-state index in [1.165, 1.54) is 14.3 Å². The van der Waals surface area contributed by atoms with Crippen LogP contribution >= 0.6 is 103 Å². The summed E-state index contributed by atoms with van der Waals surface area (Å²) in [7, 11) is 0. The fraction of sp³-hybridized carbons (Fsp3) is 0. The zero-order valence-electron chi connectivity index (χ0n) is 5.74. The van der Waals surface area contributed by atoms with Crippen LogP contribution in [0.15, 0.2) is 11.0 Å². The molecule has 0 aromatic heterocycles. The van der Waals surface area contributed by atoms with Crippen LogP contribution in [0.4, 0.5) is 0 Å². The third kappa shape index (κ3) is 3.60. The summed E-state index contributed by atoms with van der Waals surface area (Å²) in [4.78, 5) is 1.07. The zero-order chi connectivity index (χ0) is 8.59. The predicted octanol–water partition coefficient (Wildman–Crippen LogP) is 4.39. The molecule has 0 spiro atoms. The minimum Gasteiger partial charge on any atom is -0.142 e. The fourth-order valence-corrected chi connectivity index (χ4v) is 4.31. The molecule has 0 aliphatic heterocycles. The Bertz CT molecular complexity index is 276. The predicted molar refractivity (Wildman–Crippen MR) is 84.6 cm³/mol. The Morgan fingerprint density at radius 2 is 1.42 bits per heavy atom. The van der Waals surface area contributed by atoms with Crippen molar-refractivity contribution in [1.82, 2.24) is 0 Å². The van der Waals surface area contributed by atoms with E-state index >= 15 is 0 Å². The molecule has 0 fully saturated rings. The topological polar surface area (TPSA) is 0 Å². The number of hydrogen-bond donors (Lipinski definition) is 1. The molecule has 1 aromatic rings. The molecule has 0 unspecified atom stereocenters. The van der Waals surface area contributed by atoms with Crippen LogP contribution in [0.3, 0.4) is 0 Å². The molecule has 0 saturated heterocycles. The van der Waals surface area contributed by atoms with Crippen molar-refractivity contribution < 1.29 is 19.5 Å². The van der Waals surface area contributed by atoms with E-state index in [1.807, 2.05) is 0 Å². The second-order valence-corrected chi connectivity index (χ2v) is 6.70. The van der Waals surface area contributed by atoms with Gasteiger partial charge in [0.25, 0.3) is 0 Å². The molecule has 0 aliphatic rings. The minimum absolute atomic E-state index is 0. The average molecular weight is 679 g/mol. The van der Waals surface area contributed by atoms with Gasteiger partial charge in [-0.3, -0.25) is 0 Å². The molecule has 0 N–H and O–H groups in total. The van der Waals surface area contributed by atoms with Crippen molar-refractivity contribution in [2.75, 3.05) is 0 Å². The van der Waals surface area contributed by atoms with Crippen molar-refractivity contribution in [3.05, 3.63) is 20.3 Å². The third-order valence-corrected chi connectivity index (χ3v) is 9.13. The van der Waals surface area contributed by atoms with Gasteiger partial charge in [-0.2, -0.15) is 0 Å². The number of thiol groups is 1. The first kappa shape index (κ1) is 15.1. The van der Waals surface area contributed by atoms with E-state index in [9.17, 15) is 0 Å². The van der Waals surface area contributed by atoms with Crippen LogP contribution in [-0.2, 0) is 19.5 Å². The summed E-state index contributed by atoms with van der Waals surface area (Å²) < 4.78 is 5.15. The first-order valence-corrected chi connectivity index (χ1v) is 7.32. The summed E-state index contributed by atoms with van der Waals surface area (Å²) in [6.07, 6.45) is 0. The van der Waals surface area contributed by atoms with Crippen molar-refractivity contribution in [2.45, 2.75) is 4.90 Å². The second-order valence-electron chi connectivity index (χ2n) is 1.82. The summed E-state index contributed by atoms with van der Waals surface area (Å²) in [5.74, 6) is 0. The van der Waals surface area contributed by atoms with Gasteiger partial charge in [-0.25, -0.2) is 0 Å². The van der Waals surface area contributed by atoms with Gasteiger partial charge in [0, 0.05) is 38.7 Å². The minimum atomic E-state index is 0. The molecule has 0 atom stereocenters. The zero-order valence-corrected chi connectivity index (χ0v) is 18.2. The van der Waals surface area contributed by atoms with E-state index in [0.29, 0.717) is 0 Å². The normalized spacial score (nSPS) is 9.42. The van der Waals surface area contributed by atoms with Crippen LogP contribution < -0.4 is 0 Å². The van der Waals surface area contributed by atoms with Crippen LogP contribution in [0.1, 0.15) is 0 Å². The molecular formula is C6H2I4SZn. The van der Waals surface area contributed by atoms with Gasteiger partial charge in [0.05, 0.1) is 0 Å². The van der Waals surface area contributed by atoms with E-state index in [4.69, 9.17) is 0 Å². The molecule has 0 saturated carbocycles. The van der Waals surface area contributed by atoms with Crippen LogP contribution in [0, 0.1) is 14.3 Å². The SMILES string of the molecule is Sc1cc(I)c(I)c(I)c1I.[Zn]. The monoisotopic (exact) mass is 678 g/mol. The summed E-state index contributed by atoms with van der Waals surface area (Å²) in [6.45, 7) is 0. The third-order valence-electron chi connectivity index (χ3n) is 1.08. The van der Waals surface area contributed by atoms with E-state index < -0.39 is 0 Å². The average Bonchev–Trinajstić information content (AvgIpc) is 1.97. The van der Waals surface area contributed by atoms with Crippen molar-refractivity contribution in [3.8, 4) is 0 Å². The van der Waals surface area contributed by atoms with Crippen LogP contribution in [0.25, 0.3) is 0 Å². The molecule has 0 heterocycles. The molecule has 0 radical (unpaired) electrons. The molecule has 1 aromatic carbocycles. The van der Waals surface area contributed by atoms with E-state index in [-0.39, 0.29) is 19.5 Å². The van der Waals surface area contributed by atoms with Gasteiger partial charge in [0.15, 0.2) is 0 Å². The van der Waals surface area contributed by atoms with E-state index in [0.717, 1.165) is 4.90 Å². The van der Waals surface area contributed by atoms with E-state index in [1.54, 1.807) is 0 Å². The van der Waals surface area contributed by atoms with Crippen molar-refractivity contribution in [3.63, 3.8) is 0 Å². The first-order chi connectivity index (χ1) is 5.04. The molecule has 1 rings (SSSR count). The largest absolute Gasteiger partial charge is 0.142 e. The van der Waals surface area contributed by atoms with Gasteiger partial charge >= 0.3 is 0 Å². The molecular weight excluding hydrogens is 677 g/mol. The molecule has 12 heavy (non-hydrogen) atoms. The molecule has 0 amide bonds. The first-order valence-electron chi connectivity index (χ1n) is 2.56. The number of hydrogen-bond acceptors (Lipinski definition) is 1. The summed E-state index contributed by atoms with van der Waals surface area (Å²) in [5, 5.41) is 0. The van der Waals surface area contributed by atoms with Gasteiger partial charge < -0.3 is 0 Å². The standard InChI is InChI=1S/C6H2I4S.Zn/c7-2-1-3(11)5(9)6(10)4(2)8;/h1,11H;. The van der Waals surface area contributed by atoms with Crippen molar-refractivity contribution in [2.24, 2.45) is 0 Å². The van der Waals surface area contributed by atoms with Crippen LogP contribution in [0.5, 0.6) is 0 Å². The van der Waals surface area contributed by atoms with Gasteiger partial charge in [-0.1, -0.05) is 0 Å². The van der Waals surface area contributed by atoms with Gasteiger partial charge in [0.2, 0.25) is 0 Å².